The predicted molar refractivity (Wildman–Crippen MR) is 113 cm³/mol. The van der Waals surface area contributed by atoms with Crippen molar-refractivity contribution < 1.29 is 5.11 Å². The molecule has 27 heavy (non-hydrogen) atoms. The summed E-state index contributed by atoms with van der Waals surface area (Å²) < 4.78 is 0. The van der Waals surface area contributed by atoms with Crippen LogP contribution in [0.4, 0.5) is 5.82 Å². The highest BCUT2D eigenvalue weighted by Crippen LogP contribution is 2.37. The summed E-state index contributed by atoms with van der Waals surface area (Å²) in [6.45, 7) is 0.771. The second kappa shape index (κ2) is 7.94. The van der Waals surface area contributed by atoms with E-state index in [2.05, 4.69) is 32.8 Å². The van der Waals surface area contributed by atoms with Gasteiger partial charge in [-0.3, -0.25) is 0 Å². The van der Waals surface area contributed by atoms with Crippen molar-refractivity contribution in [1.82, 2.24) is 9.97 Å². The minimum atomic E-state index is 0.255. The monoisotopic (exact) mass is 395 g/mol. The molecule has 0 fully saturated rings. The van der Waals surface area contributed by atoms with Crippen LogP contribution in [0.25, 0.3) is 21.3 Å². The number of benzene rings is 2. The Balaban J connectivity index is 1.54. The molecule has 136 valence electrons. The molecule has 2 heterocycles. The van der Waals surface area contributed by atoms with Crippen molar-refractivity contribution >= 4 is 39.0 Å². The van der Waals surface area contributed by atoms with Crippen LogP contribution in [0.1, 0.15) is 12.0 Å². The average Bonchev–Trinajstić information content (AvgIpc) is 3.11. The maximum absolute atomic E-state index is 9.37. The molecular formula is C21H18ClN3OS. The summed E-state index contributed by atoms with van der Waals surface area (Å²) in [5, 5.41) is 16.2. The van der Waals surface area contributed by atoms with Gasteiger partial charge in [0.15, 0.2) is 0 Å². The van der Waals surface area contributed by atoms with Crippen LogP contribution < -0.4 is 5.32 Å². The number of hydrogen-bond acceptors (Lipinski definition) is 5. The molecule has 0 unspecified atom stereocenters. The highest BCUT2D eigenvalue weighted by Gasteiger charge is 2.14. The van der Waals surface area contributed by atoms with Gasteiger partial charge in [-0.25, -0.2) is 9.97 Å². The molecule has 2 aromatic carbocycles. The first kappa shape index (κ1) is 17.8. The number of thiophene rings is 1. The van der Waals surface area contributed by atoms with E-state index < -0.39 is 0 Å². The molecular weight excluding hydrogens is 378 g/mol. The molecule has 0 atom stereocenters. The standard InChI is InChI=1S/C21H18ClN3OS/c22-21-24-19(23-12-4-5-14-8-10-16(26)11-9-14)18-17(13-27-20(18)25-21)15-6-2-1-3-7-15/h1-3,6-11,13,26H,4-5,12H2,(H,23,24,25). The number of aryl methyl sites for hydroxylation is 1. The third-order valence-corrected chi connectivity index (χ3v) is 5.40. The largest absolute Gasteiger partial charge is 0.508 e. The number of aromatic nitrogens is 2. The lowest BCUT2D eigenvalue weighted by Gasteiger charge is -2.09. The normalized spacial score (nSPS) is 11.0. The molecule has 0 radical (unpaired) electrons. The third kappa shape index (κ3) is 4.04. The Morgan fingerprint density at radius 1 is 1.00 bits per heavy atom. The number of rotatable bonds is 6. The van der Waals surface area contributed by atoms with Crippen molar-refractivity contribution in [2.45, 2.75) is 12.8 Å². The Hall–Kier alpha value is -2.63. The van der Waals surface area contributed by atoms with Gasteiger partial charge in [-0.05, 0) is 47.7 Å². The van der Waals surface area contributed by atoms with E-state index in [0.29, 0.717) is 5.75 Å². The molecule has 2 N–H and O–H groups in total. The molecule has 0 bridgehead atoms. The van der Waals surface area contributed by atoms with Crippen LogP contribution >= 0.6 is 22.9 Å². The summed E-state index contributed by atoms with van der Waals surface area (Å²) in [7, 11) is 0. The van der Waals surface area contributed by atoms with Crippen molar-refractivity contribution in [1.29, 1.82) is 0 Å². The molecule has 6 heteroatoms. The zero-order chi connectivity index (χ0) is 18.6. The number of fused-ring (bicyclic) bond motifs is 1. The van der Waals surface area contributed by atoms with E-state index in [1.165, 1.54) is 5.56 Å². The number of phenolic OH excluding ortho intramolecular Hbond substituents is 1. The number of aromatic hydroxyl groups is 1. The predicted octanol–water partition coefficient (Wildman–Crippen LogP) is 5.76. The van der Waals surface area contributed by atoms with Crippen LogP contribution in [0.2, 0.25) is 5.28 Å². The molecule has 0 aliphatic rings. The molecule has 4 nitrogen and oxygen atoms in total. The van der Waals surface area contributed by atoms with E-state index in [4.69, 9.17) is 11.6 Å². The number of hydrogen-bond donors (Lipinski definition) is 2. The fourth-order valence-electron chi connectivity index (χ4n) is 3.04. The van der Waals surface area contributed by atoms with Gasteiger partial charge in [-0.15, -0.1) is 11.3 Å². The zero-order valence-corrected chi connectivity index (χ0v) is 16.1. The van der Waals surface area contributed by atoms with Gasteiger partial charge in [0.2, 0.25) is 5.28 Å². The van der Waals surface area contributed by atoms with Crippen LogP contribution in [0.5, 0.6) is 5.75 Å². The van der Waals surface area contributed by atoms with E-state index in [-0.39, 0.29) is 5.28 Å². The molecule has 0 aliphatic heterocycles. The number of anilines is 1. The minimum absolute atomic E-state index is 0.255. The van der Waals surface area contributed by atoms with Gasteiger partial charge in [0, 0.05) is 17.5 Å². The second-order valence-corrected chi connectivity index (χ2v) is 7.43. The zero-order valence-electron chi connectivity index (χ0n) is 14.5. The lowest BCUT2D eigenvalue weighted by Crippen LogP contribution is -2.06. The van der Waals surface area contributed by atoms with Gasteiger partial charge in [0.05, 0.1) is 5.39 Å². The van der Waals surface area contributed by atoms with E-state index >= 15 is 0 Å². The quantitative estimate of drug-likeness (QED) is 0.322. The van der Waals surface area contributed by atoms with Crippen molar-refractivity contribution in [3.8, 4) is 16.9 Å². The minimum Gasteiger partial charge on any atom is -0.508 e. The first-order valence-electron chi connectivity index (χ1n) is 8.72. The smallest absolute Gasteiger partial charge is 0.225 e. The topological polar surface area (TPSA) is 58.0 Å². The summed E-state index contributed by atoms with van der Waals surface area (Å²) >= 11 is 7.70. The molecule has 0 aliphatic carbocycles. The first-order valence-corrected chi connectivity index (χ1v) is 9.98. The van der Waals surface area contributed by atoms with Crippen molar-refractivity contribution in [3.63, 3.8) is 0 Å². The fourth-order valence-corrected chi connectivity index (χ4v) is 4.20. The SMILES string of the molecule is Oc1ccc(CCCNc2nc(Cl)nc3scc(-c4ccccc4)c23)cc1. The summed E-state index contributed by atoms with van der Waals surface area (Å²) in [6.07, 6.45) is 1.86. The first-order chi connectivity index (χ1) is 13.2. The van der Waals surface area contributed by atoms with Crippen LogP contribution in [0.3, 0.4) is 0 Å². The second-order valence-electron chi connectivity index (χ2n) is 6.23. The molecule has 0 saturated heterocycles. The maximum atomic E-state index is 9.37. The van der Waals surface area contributed by atoms with Crippen LogP contribution in [0, 0.1) is 0 Å². The summed E-state index contributed by atoms with van der Waals surface area (Å²) in [4.78, 5) is 9.69. The molecule has 4 aromatic rings. The lowest BCUT2D eigenvalue weighted by molar-refractivity contribution is 0.475. The van der Waals surface area contributed by atoms with Crippen LogP contribution in [-0.2, 0) is 6.42 Å². The Morgan fingerprint density at radius 2 is 1.78 bits per heavy atom. The van der Waals surface area contributed by atoms with Crippen molar-refractivity contribution in [2.75, 3.05) is 11.9 Å². The van der Waals surface area contributed by atoms with Gasteiger partial charge in [0.1, 0.15) is 16.4 Å². The van der Waals surface area contributed by atoms with Gasteiger partial charge in [-0.1, -0.05) is 42.5 Å². The van der Waals surface area contributed by atoms with Crippen LogP contribution in [-0.4, -0.2) is 21.6 Å². The molecule has 2 aromatic heterocycles. The number of nitrogens with one attached hydrogen (secondary N) is 1. The van der Waals surface area contributed by atoms with Crippen LogP contribution in [0.15, 0.2) is 60.0 Å². The van der Waals surface area contributed by atoms with E-state index in [1.807, 2.05) is 30.3 Å². The van der Waals surface area contributed by atoms with E-state index in [0.717, 1.165) is 46.5 Å². The summed E-state index contributed by atoms with van der Waals surface area (Å²) in [6, 6.07) is 17.6. The fraction of sp³-hybridized carbons (Fsp3) is 0.143. The summed E-state index contributed by atoms with van der Waals surface area (Å²) in [5.41, 5.74) is 3.45. The summed E-state index contributed by atoms with van der Waals surface area (Å²) in [5.74, 6) is 1.07. The Kier molecular flexibility index (Phi) is 5.23. The lowest BCUT2D eigenvalue weighted by atomic mass is 10.1. The van der Waals surface area contributed by atoms with Gasteiger partial charge in [-0.2, -0.15) is 0 Å². The number of phenols is 1. The van der Waals surface area contributed by atoms with Gasteiger partial charge < -0.3 is 10.4 Å². The Morgan fingerprint density at radius 3 is 2.56 bits per heavy atom. The highest BCUT2D eigenvalue weighted by molar-refractivity contribution is 7.17. The molecule has 0 saturated carbocycles. The van der Waals surface area contributed by atoms with E-state index in [1.54, 1.807) is 23.5 Å². The molecule has 4 rings (SSSR count). The number of nitrogens with zero attached hydrogens (tertiary/aromatic N) is 2. The molecule has 0 amide bonds. The van der Waals surface area contributed by atoms with Gasteiger partial charge >= 0.3 is 0 Å². The number of halogens is 1. The molecule has 0 spiro atoms. The van der Waals surface area contributed by atoms with E-state index in [9.17, 15) is 5.11 Å². The van der Waals surface area contributed by atoms with Crippen molar-refractivity contribution in [2.24, 2.45) is 0 Å². The Bertz CT molecular complexity index is 1050. The third-order valence-electron chi connectivity index (χ3n) is 4.36. The van der Waals surface area contributed by atoms with Gasteiger partial charge in [0.25, 0.3) is 0 Å². The van der Waals surface area contributed by atoms with Crippen molar-refractivity contribution in [3.05, 3.63) is 70.8 Å². The Labute approximate surface area is 166 Å². The maximum Gasteiger partial charge on any atom is 0.225 e. The highest BCUT2D eigenvalue weighted by atomic mass is 35.5. The average molecular weight is 396 g/mol.